The van der Waals surface area contributed by atoms with Crippen LogP contribution in [0.25, 0.3) is 0 Å². The topological polar surface area (TPSA) is 64.1 Å². The van der Waals surface area contributed by atoms with Crippen molar-refractivity contribution in [3.8, 4) is 17.2 Å². The molecule has 0 radical (unpaired) electrons. The van der Waals surface area contributed by atoms with Gasteiger partial charge in [-0.15, -0.1) is 0 Å². The predicted octanol–water partition coefficient (Wildman–Crippen LogP) is 2.94. The molecule has 3 heterocycles. The molecule has 1 aromatic carbocycles. The summed E-state index contributed by atoms with van der Waals surface area (Å²) in [7, 11) is 1.65. The Morgan fingerprint density at radius 3 is 2.75 bits per heavy atom. The number of aliphatic hydroxyl groups is 1. The molecule has 1 aromatic heterocycles. The van der Waals surface area contributed by atoms with E-state index in [1.54, 1.807) is 13.3 Å². The normalized spacial score (nSPS) is 28.9. The number of benzene rings is 1. The van der Waals surface area contributed by atoms with Crippen LogP contribution in [0.4, 0.5) is 0 Å². The van der Waals surface area contributed by atoms with Gasteiger partial charge < -0.3 is 19.3 Å². The summed E-state index contributed by atoms with van der Waals surface area (Å²) in [5.41, 5.74) is 1.15. The summed E-state index contributed by atoms with van der Waals surface area (Å²) in [6.07, 6.45) is 5.03. The van der Waals surface area contributed by atoms with Crippen molar-refractivity contribution in [2.24, 2.45) is 11.8 Å². The van der Waals surface area contributed by atoms with Crippen molar-refractivity contribution in [1.29, 1.82) is 0 Å². The van der Waals surface area contributed by atoms with Gasteiger partial charge in [0.15, 0.2) is 11.5 Å². The van der Waals surface area contributed by atoms with Crippen molar-refractivity contribution in [2.45, 2.75) is 31.4 Å². The second kappa shape index (κ2) is 6.94. The molecule has 2 unspecified atom stereocenters. The lowest BCUT2D eigenvalue weighted by Gasteiger charge is -2.52. The number of methoxy groups -OCH3 is 1. The molecule has 0 amide bonds. The Hall–Kier alpha value is -2.31. The van der Waals surface area contributed by atoms with Crippen LogP contribution in [0.2, 0.25) is 0 Å². The predicted molar refractivity (Wildman–Crippen MR) is 103 cm³/mol. The number of hydrogen-bond acceptors (Lipinski definition) is 6. The smallest absolute Gasteiger partial charge is 0.231 e. The Bertz CT molecular complexity index is 843. The van der Waals surface area contributed by atoms with E-state index in [9.17, 15) is 5.11 Å². The molecule has 2 fully saturated rings. The van der Waals surface area contributed by atoms with E-state index in [2.05, 4.69) is 9.88 Å². The van der Waals surface area contributed by atoms with E-state index >= 15 is 0 Å². The van der Waals surface area contributed by atoms with Gasteiger partial charge in [-0.2, -0.15) is 0 Å². The minimum absolute atomic E-state index is 0.200. The van der Waals surface area contributed by atoms with Gasteiger partial charge in [0, 0.05) is 37.7 Å². The van der Waals surface area contributed by atoms with Crippen LogP contribution >= 0.6 is 0 Å². The molecule has 28 heavy (non-hydrogen) atoms. The Labute approximate surface area is 165 Å². The average molecular weight is 382 g/mol. The van der Waals surface area contributed by atoms with Gasteiger partial charge >= 0.3 is 0 Å². The van der Waals surface area contributed by atoms with E-state index in [-0.39, 0.29) is 18.6 Å². The number of rotatable bonds is 4. The average Bonchev–Trinajstić information content (AvgIpc) is 3.17. The van der Waals surface area contributed by atoms with Gasteiger partial charge in [0.25, 0.3) is 0 Å². The molecule has 1 saturated carbocycles. The Morgan fingerprint density at radius 1 is 1.21 bits per heavy atom. The number of nitrogens with zero attached hydrogens (tertiary/aromatic N) is 2. The monoisotopic (exact) mass is 382 g/mol. The fourth-order valence-corrected chi connectivity index (χ4v) is 5.22. The lowest BCUT2D eigenvalue weighted by atomic mass is 9.64. The summed E-state index contributed by atoms with van der Waals surface area (Å²) in [6.45, 7) is 2.76. The van der Waals surface area contributed by atoms with Crippen molar-refractivity contribution in [2.75, 3.05) is 27.0 Å². The SMILES string of the molecule is COc1cc(CN2CC3CCCC(C2)C3(O)c2ccccn2)cc2c1OCO2. The van der Waals surface area contributed by atoms with Crippen molar-refractivity contribution in [3.05, 3.63) is 47.8 Å². The van der Waals surface area contributed by atoms with Crippen LogP contribution in [-0.4, -0.2) is 42.0 Å². The zero-order valence-electron chi connectivity index (χ0n) is 16.1. The van der Waals surface area contributed by atoms with Gasteiger partial charge in [0.1, 0.15) is 5.60 Å². The molecule has 148 valence electrons. The highest BCUT2D eigenvalue weighted by Crippen LogP contribution is 2.49. The largest absolute Gasteiger partial charge is 0.493 e. The molecule has 5 rings (SSSR count). The highest BCUT2D eigenvalue weighted by atomic mass is 16.7. The van der Waals surface area contributed by atoms with Crippen LogP contribution in [0, 0.1) is 11.8 Å². The van der Waals surface area contributed by atoms with Crippen molar-refractivity contribution >= 4 is 0 Å². The van der Waals surface area contributed by atoms with Crippen LogP contribution in [0.3, 0.4) is 0 Å². The van der Waals surface area contributed by atoms with E-state index in [0.29, 0.717) is 11.5 Å². The number of fused-ring (bicyclic) bond motifs is 3. The minimum atomic E-state index is -0.817. The minimum Gasteiger partial charge on any atom is -0.493 e. The fourth-order valence-electron chi connectivity index (χ4n) is 5.22. The van der Waals surface area contributed by atoms with Gasteiger partial charge in [0.2, 0.25) is 12.5 Å². The van der Waals surface area contributed by atoms with Gasteiger partial charge in [0.05, 0.1) is 12.8 Å². The zero-order valence-corrected chi connectivity index (χ0v) is 16.1. The van der Waals surface area contributed by atoms with Crippen LogP contribution in [-0.2, 0) is 12.1 Å². The van der Waals surface area contributed by atoms with E-state index in [4.69, 9.17) is 14.2 Å². The van der Waals surface area contributed by atoms with Crippen LogP contribution in [0.15, 0.2) is 36.5 Å². The molecule has 3 aliphatic rings. The number of ether oxygens (including phenoxy) is 3. The third-order valence-electron chi connectivity index (χ3n) is 6.51. The molecule has 6 heteroatoms. The second-order valence-electron chi connectivity index (χ2n) is 8.09. The Morgan fingerprint density at radius 2 is 2.04 bits per heavy atom. The fraction of sp³-hybridized carbons (Fsp3) is 0.500. The highest BCUT2D eigenvalue weighted by Gasteiger charge is 2.52. The molecular formula is C22H26N2O4. The van der Waals surface area contributed by atoms with Crippen molar-refractivity contribution in [1.82, 2.24) is 9.88 Å². The first kappa shape index (κ1) is 17.8. The second-order valence-corrected chi connectivity index (χ2v) is 8.09. The molecule has 1 aliphatic carbocycles. The maximum Gasteiger partial charge on any atom is 0.231 e. The van der Waals surface area contributed by atoms with Crippen LogP contribution in [0.5, 0.6) is 17.2 Å². The van der Waals surface area contributed by atoms with Gasteiger partial charge in [-0.05, 0) is 42.7 Å². The van der Waals surface area contributed by atoms with Crippen LogP contribution in [0.1, 0.15) is 30.5 Å². The quantitative estimate of drug-likeness (QED) is 0.877. The number of pyridine rings is 1. The molecule has 2 aliphatic heterocycles. The van der Waals surface area contributed by atoms with E-state index < -0.39 is 5.60 Å². The lowest BCUT2D eigenvalue weighted by molar-refractivity contribution is -0.151. The third kappa shape index (κ3) is 2.83. The maximum atomic E-state index is 11.7. The molecular weight excluding hydrogens is 356 g/mol. The summed E-state index contributed by atoms with van der Waals surface area (Å²) in [6, 6.07) is 9.93. The lowest BCUT2D eigenvalue weighted by Crippen LogP contribution is -2.58. The molecule has 1 saturated heterocycles. The standard InChI is InChI=1S/C22H26N2O4/c1-26-18-9-15(10-19-21(18)28-14-27-19)11-24-12-16-5-4-6-17(13-24)22(16,25)20-7-2-3-8-23-20/h2-3,7-10,16-17,25H,4-6,11-14H2,1H3. The number of likely N-dealkylation sites (tertiary alicyclic amines) is 1. The first-order chi connectivity index (χ1) is 13.7. The molecule has 2 atom stereocenters. The van der Waals surface area contributed by atoms with E-state index in [1.807, 2.05) is 30.3 Å². The van der Waals surface area contributed by atoms with Gasteiger partial charge in [-0.25, -0.2) is 0 Å². The van der Waals surface area contributed by atoms with Gasteiger partial charge in [-0.1, -0.05) is 12.5 Å². The number of piperidine rings is 1. The van der Waals surface area contributed by atoms with Crippen molar-refractivity contribution < 1.29 is 19.3 Å². The molecule has 1 N–H and O–H groups in total. The van der Waals surface area contributed by atoms with Gasteiger partial charge in [-0.3, -0.25) is 9.88 Å². The Kier molecular flexibility index (Phi) is 4.40. The van der Waals surface area contributed by atoms with Crippen LogP contribution < -0.4 is 14.2 Å². The molecule has 6 nitrogen and oxygen atoms in total. The van der Waals surface area contributed by atoms with Crippen molar-refractivity contribution in [3.63, 3.8) is 0 Å². The summed E-state index contributed by atoms with van der Waals surface area (Å²) in [4.78, 5) is 6.96. The molecule has 2 bridgehead atoms. The highest BCUT2D eigenvalue weighted by molar-refractivity contribution is 5.55. The first-order valence-electron chi connectivity index (χ1n) is 10.0. The summed E-state index contributed by atoms with van der Waals surface area (Å²) >= 11 is 0. The van der Waals surface area contributed by atoms with E-state index in [1.165, 1.54) is 6.42 Å². The third-order valence-corrected chi connectivity index (χ3v) is 6.51. The zero-order chi connectivity index (χ0) is 19.1. The van der Waals surface area contributed by atoms with E-state index in [0.717, 1.165) is 49.5 Å². The number of hydrogen-bond donors (Lipinski definition) is 1. The molecule has 2 aromatic rings. The maximum absolute atomic E-state index is 11.7. The summed E-state index contributed by atoms with van der Waals surface area (Å²) in [5.74, 6) is 2.55. The summed E-state index contributed by atoms with van der Waals surface area (Å²) in [5, 5.41) is 11.7. The first-order valence-corrected chi connectivity index (χ1v) is 10.0. The molecule has 0 spiro atoms. The summed E-state index contributed by atoms with van der Waals surface area (Å²) < 4.78 is 16.5. The Balaban J connectivity index is 1.39. The number of aromatic nitrogens is 1.